The second kappa shape index (κ2) is 6.44. The first-order valence-corrected chi connectivity index (χ1v) is 7.95. The third kappa shape index (κ3) is 3.13. The lowest BCUT2D eigenvalue weighted by atomic mass is 9.95. The monoisotopic (exact) mass is 264 g/mol. The van der Waals surface area contributed by atoms with Gasteiger partial charge in [-0.25, -0.2) is 0 Å². The molecule has 0 aliphatic carbocycles. The van der Waals surface area contributed by atoms with Crippen molar-refractivity contribution in [3.63, 3.8) is 0 Å². The molecule has 1 saturated heterocycles. The Morgan fingerprint density at radius 2 is 1.89 bits per heavy atom. The molecule has 0 saturated carbocycles. The molecule has 2 rings (SSSR count). The van der Waals surface area contributed by atoms with Gasteiger partial charge in [0.15, 0.2) is 0 Å². The number of carbonyl (C=O) groups is 1. The summed E-state index contributed by atoms with van der Waals surface area (Å²) in [5.41, 5.74) is 2.19. The Morgan fingerprint density at radius 1 is 1.21 bits per heavy atom. The van der Waals surface area contributed by atoms with Gasteiger partial charge >= 0.3 is 0 Å². The fourth-order valence-electron chi connectivity index (χ4n) is 3.31. The van der Waals surface area contributed by atoms with Crippen LogP contribution in [0, 0.1) is 5.92 Å². The molecule has 1 fully saturated rings. The van der Waals surface area contributed by atoms with Gasteiger partial charge in [-0.15, -0.1) is 0 Å². The van der Waals surface area contributed by atoms with Crippen LogP contribution in [0.25, 0.3) is 0 Å². The molecule has 2 heterocycles. The van der Waals surface area contributed by atoms with E-state index in [1.807, 2.05) is 0 Å². The van der Waals surface area contributed by atoms with Crippen LogP contribution in [0.2, 0.25) is 0 Å². The van der Waals surface area contributed by atoms with E-state index in [2.05, 4.69) is 31.0 Å². The molecule has 2 aliphatic rings. The summed E-state index contributed by atoms with van der Waals surface area (Å²) < 4.78 is 0. The van der Waals surface area contributed by atoms with Crippen LogP contribution in [0.3, 0.4) is 0 Å². The zero-order valence-electron chi connectivity index (χ0n) is 12.7. The SMILES string of the molecule is CCC1=C(C(C)C)C(=O)N2CCCCCCCC2N1. The Kier molecular flexibility index (Phi) is 4.89. The first kappa shape index (κ1) is 14.4. The highest BCUT2D eigenvalue weighted by Gasteiger charge is 2.33. The third-order valence-electron chi connectivity index (χ3n) is 4.34. The van der Waals surface area contributed by atoms with Gasteiger partial charge in [-0.3, -0.25) is 4.79 Å². The van der Waals surface area contributed by atoms with Crippen molar-refractivity contribution in [2.75, 3.05) is 6.54 Å². The zero-order chi connectivity index (χ0) is 13.8. The molecule has 1 unspecified atom stereocenters. The maximum atomic E-state index is 12.8. The molecule has 2 aliphatic heterocycles. The third-order valence-corrected chi connectivity index (χ3v) is 4.34. The van der Waals surface area contributed by atoms with E-state index in [-0.39, 0.29) is 12.1 Å². The van der Waals surface area contributed by atoms with Crippen molar-refractivity contribution in [1.82, 2.24) is 10.2 Å². The number of allylic oxidation sites excluding steroid dienone is 1. The molecule has 0 aromatic heterocycles. The quantitative estimate of drug-likeness (QED) is 0.829. The number of carbonyl (C=O) groups excluding carboxylic acids is 1. The minimum absolute atomic E-state index is 0.239. The molecule has 0 spiro atoms. The molecule has 108 valence electrons. The number of fused-ring (bicyclic) bond motifs is 1. The lowest BCUT2D eigenvalue weighted by molar-refractivity contribution is -0.132. The van der Waals surface area contributed by atoms with Crippen LogP contribution in [0.15, 0.2) is 11.3 Å². The van der Waals surface area contributed by atoms with Crippen molar-refractivity contribution >= 4 is 5.91 Å². The zero-order valence-corrected chi connectivity index (χ0v) is 12.7. The standard InChI is InChI=1S/C16H28N2O/c1-4-13-15(12(2)3)16(19)18-11-9-7-5-6-8-10-14(18)17-13/h12,14,17H,4-11H2,1-3H3. The van der Waals surface area contributed by atoms with Crippen LogP contribution in [0.4, 0.5) is 0 Å². The van der Waals surface area contributed by atoms with E-state index in [0.29, 0.717) is 5.92 Å². The van der Waals surface area contributed by atoms with Gasteiger partial charge in [-0.1, -0.05) is 40.0 Å². The second-order valence-corrected chi connectivity index (χ2v) is 6.12. The Labute approximate surface area is 117 Å². The summed E-state index contributed by atoms with van der Waals surface area (Å²) in [6.07, 6.45) is 8.54. The molecule has 1 amide bonds. The van der Waals surface area contributed by atoms with Gasteiger partial charge in [-0.2, -0.15) is 0 Å². The van der Waals surface area contributed by atoms with Crippen molar-refractivity contribution in [3.8, 4) is 0 Å². The predicted molar refractivity (Wildman–Crippen MR) is 78.5 cm³/mol. The number of nitrogens with zero attached hydrogens (tertiary/aromatic N) is 1. The lowest BCUT2D eigenvalue weighted by Gasteiger charge is -2.40. The van der Waals surface area contributed by atoms with Crippen molar-refractivity contribution < 1.29 is 4.79 Å². The van der Waals surface area contributed by atoms with E-state index in [4.69, 9.17) is 0 Å². The highest BCUT2D eigenvalue weighted by atomic mass is 16.2. The molecule has 3 nitrogen and oxygen atoms in total. The topological polar surface area (TPSA) is 32.3 Å². The molecule has 1 N–H and O–H groups in total. The molecular weight excluding hydrogens is 236 g/mol. The van der Waals surface area contributed by atoms with Gasteiger partial charge in [0, 0.05) is 17.8 Å². The average Bonchev–Trinajstić information content (AvgIpc) is 2.49. The van der Waals surface area contributed by atoms with Crippen LogP contribution in [0.1, 0.15) is 65.7 Å². The first-order valence-electron chi connectivity index (χ1n) is 7.95. The summed E-state index contributed by atoms with van der Waals surface area (Å²) in [7, 11) is 0. The Morgan fingerprint density at radius 3 is 2.58 bits per heavy atom. The van der Waals surface area contributed by atoms with Gasteiger partial charge < -0.3 is 10.2 Å². The Bertz CT molecular complexity index is 360. The summed E-state index contributed by atoms with van der Waals surface area (Å²) in [5.74, 6) is 0.598. The van der Waals surface area contributed by atoms with Crippen LogP contribution >= 0.6 is 0 Å². The van der Waals surface area contributed by atoms with Gasteiger partial charge in [-0.05, 0) is 31.6 Å². The molecule has 19 heavy (non-hydrogen) atoms. The van der Waals surface area contributed by atoms with Crippen molar-refractivity contribution in [3.05, 3.63) is 11.3 Å². The normalized spacial score (nSPS) is 25.6. The minimum atomic E-state index is 0.239. The van der Waals surface area contributed by atoms with Crippen LogP contribution in [-0.2, 0) is 4.79 Å². The second-order valence-electron chi connectivity index (χ2n) is 6.12. The molecule has 1 atom stereocenters. The van der Waals surface area contributed by atoms with E-state index in [1.54, 1.807) is 0 Å². The van der Waals surface area contributed by atoms with Gasteiger partial charge in [0.25, 0.3) is 5.91 Å². The summed E-state index contributed by atoms with van der Waals surface area (Å²) in [4.78, 5) is 14.9. The maximum Gasteiger partial charge on any atom is 0.253 e. The molecule has 0 aromatic rings. The summed E-state index contributed by atoms with van der Waals surface area (Å²) in [6, 6.07) is 0. The van der Waals surface area contributed by atoms with E-state index in [9.17, 15) is 4.79 Å². The minimum Gasteiger partial charge on any atom is -0.368 e. The summed E-state index contributed by atoms with van der Waals surface area (Å²) in [5, 5.41) is 3.65. The molecule has 0 aromatic carbocycles. The molecule has 0 radical (unpaired) electrons. The molecule has 3 heteroatoms. The number of hydrogen-bond acceptors (Lipinski definition) is 2. The summed E-state index contributed by atoms with van der Waals surface area (Å²) in [6.45, 7) is 7.31. The maximum absolute atomic E-state index is 12.8. The number of rotatable bonds is 2. The highest BCUT2D eigenvalue weighted by molar-refractivity contribution is 5.95. The highest BCUT2D eigenvalue weighted by Crippen LogP contribution is 2.27. The lowest BCUT2D eigenvalue weighted by Crippen LogP contribution is -2.54. The van der Waals surface area contributed by atoms with Crippen LogP contribution in [-0.4, -0.2) is 23.5 Å². The van der Waals surface area contributed by atoms with E-state index >= 15 is 0 Å². The predicted octanol–water partition coefficient (Wildman–Crippen LogP) is 3.42. The van der Waals surface area contributed by atoms with Crippen molar-refractivity contribution in [2.24, 2.45) is 5.92 Å². The average molecular weight is 264 g/mol. The van der Waals surface area contributed by atoms with Crippen molar-refractivity contribution in [1.29, 1.82) is 0 Å². The fourth-order valence-corrected chi connectivity index (χ4v) is 3.31. The van der Waals surface area contributed by atoms with Crippen molar-refractivity contribution in [2.45, 2.75) is 71.9 Å². The number of hydrogen-bond donors (Lipinski definition) is 1. The van der Waals surface area contributed by atoms with Gasteiger partial charge in [0.05, 0.1) is 0 Å². The Balaban J connectivity index is 2.25. The molecule has 0 bridgehead atoms. The van der Waals surface area contributed by atoms with E-state index < -0.39 is 0 Å². The Hall–Kier alpha value is -0.990. The molecular formula is C16H28N2O. The van der Waals surface area contributed by atoms with Crippen LogP contribution in [0.5, 0.6) is 0 Å². The van der Waals surface area contributed by atoms with Gasteiger partial charge in [0.1, 0.15) is 6.17 Å². The first-order chi connectivity index (χ1) is 9.15. The van der Waals surface area contributed by atoms with E-state index in [0.717, 1.165) is 31.4 Å². The smallest absolute Gasteiger partial charge is 0.253 e. The van der Waals surface area contributed by atoms with Gasteiger partial charge in [0.2, 0.25) is 0 Å². The number of nitrogens with one attached hydrogen (secondary N) is 1. The number of amides is 1. The van der Waals surface area contributed by atoms with E-state index in [1.165, 1.54) is 31.4 Å². The fraction of sp³-hybridized carbons (Fsp3) is 0.812. The summed E-state index contributed by atoms with van der Waals surface area (Å²) >= 11 is 0. The van der Waals surface area contributed by atoms with Crippen LogP contribution < -0.4 is 5.32 Å². The largest absolute Gasteiger partial charge is 0.368 e.